The molecule has 2 atom stereocenters. The second-order valence-corrected chi connectivity index (χ2v) is 6.89. The Labute approximate surface area is 174 Å². The van der Waals surface area contributed by atoms with Crippen molar-refractivity contribution >= 4 is 30.7 Å². The van der Waals surface area contributed by atoms with E-state index < -0.39 is 0 Å². The van der Waals surface area contributed by atoms with E-state index in [1.807, 2.05) is 19.1 Å². The lowest BCUT2D eigenvalue weighted by Crippen LogP contribution is -2.51. The molecule has 0 radical (unpaired) electrons. The Kier molecular flexibility index (Phi) is 10.4. The van der Waals surface area contributed by atoms with Gasteiger partial charge in [-0.3, -0.25) is 9.69 Å². The number of nitrogens with one attached hydrogen (secondary N) is 2. The summed E-state index contributed by atoms with van der Waals surface area (Å²) in [6.45, 7) is 7.78. The minimum absolute atomic E-state index is 0. The van der Waals surface area contributed by atoms with E-state index in [1.165, 1.54) is 5.56 Å². The highest BCUT2D eigenvalue weighted by Gasteiger charge is 2.30. The number of ether oxygens (including phenoxy) is 2. The molecule has 0 aliphatic carbocycles. The molecule has 2 saturated heterocycles. The lowest BCUT2D eigenvalue weighted by Gasteiger charge is -2.36. The van der Waals surface area contributed by atoms with E-state index in [9.17, 15) is 4.79 Å². The molecule has 2 aliphatic rings. The second-order valence-electron chi connectivity index (χ2n) is 6.89. The summed E-state index contributed by atoms with van der Waals surface area (Å²) in [7, 11) is 1.67. The Morgan fingerprint density at radius 3 is 2.41 bits per heavy atom. The predicted octanol–water partition coefficient (Wildman–Crippen LogP) is 1.88. The zero-order valence-electron chi connectivity index (χ0n) is 16.0. The van der Waals surface area contributed by atoms with Gasteiger partial charge in [0.2, 0.25) is 5.91 Å². The highest BCUT2D eigenvalue weighted by atomic mass is 35.5. The van der Waals surface area contributed by atoms with Gasteiger partial charge in [-0.25, -0.2) is 0 Å². The van der Waals surface area contributed by atoms with Crippen LogP contribution in [0.25, 0.3) is 0 Å². The van der Waals surface area contributed by atoms with E-state index in [1.54, 1.807) is 7.11 Å². The Bertz CT molecular complexity index is 564. The van der Waals surface area contributed by atoms with Crippen LogP contribution < -0.4 is 15.4 Å². The van der Waals surface area contributed by atoms with E-state index in [0.29, 0.717) is 12.5 Å². The van der Waals surface area contributed by atoms with Crippen LogP contribution in [0.15, 0.2) is 24.3 Å². The minimum atomic E-state index is 0. The molecule has 0 aromatic heterocycles. The standard InChI is InChI=1S/C19H29N3O3.2ClH/c1-14(16-11-20-12-16)19(23)21-13-18(22-7-9-25-10-8-22)15-3-5-17(24-2)6-4-15;;/h3-6,14,16,18,20H,7-13H2,1-2H3,(H,21,23);2*1H. The highest BCUT2D eigenvalue weighted by molar-refractivity contribution is 5.85. The van der Waals surface area contributed by atoms with Gasteiger partial charge in [-0.15, -0.1) is 24.8 Å². The average Bonchev–Trinajstić information content (AvgIpc) is 2.61. The van der Waals surface area contributed by atoms with Gasteiger partial charge in [-0.1, -0.05) is 19.1 Å². The van der Waals surface area contributed by atoms with Crippen LogP contribution in [-0.4, -0.2) is 63.9 Å². The van der Waals surface area contributed by atoms with Crippen molar-refractivity contribution in [1.29, 1.82) is 0 Å². The number of carbonyl (C=O) groups excluding carboxylic acids is 1. The van der Waals surface area contributed by atoms with Crippen molar-refractivity contribution < 1.29 is 14.3 Å². The maximum atomic E-state index is 12.5. The molecule has 1 aromatic carbocycles. The van der Waals surface area contributed by atoms with Crippen LogP contribution in [0.1, 0.15) is 18.5 Å². The van der Waals surface area contributed by atoms with Gasteiger partial charge < -0.3 is 20.1 Å². The molecule has 2 N–H and O–H groups in total. The summed E-state index contributed by atoms with van der Waals surface area (Å²) < 4.78 is 10.7. The molecule has 2 heterocycles. The summed E-state index contributed by atoms with van der Waals surface area (Å²) >= 11 is 0. The summed E-state index contributed by atoms with van der Waals surface area (Å²) in [6, 6.07) is 8.29. The third-order valence-electron chi connectivity index (χ3n) is 5.39. The Hall–Kier alpha value is -1.05. The van der Waals surface area contributed by atoms with Gasteiger partial charge in [0.25, 0.3) is 0 Å². The number of benzene rings is 1. The van der Waals surface area contributed by atoms with Crippen LogP contribution in [0.2, 0.25) is 0 Å². The van der Waals surface area contributed by atoms with E-state index in [-0.39, 0.29) is 42.7 Å². The van der Waals surface area contributed by atoms with Crippen LogP contribution >= 0.6 is 24.8 Å². The molecule has 0 spiro atoms. The van der Waals surface area contributed by atoms with Crippen LogP contribution in [0, 0.1) is 11.8 Å². The van der Waals surface area contributed by atoms with Crippen LogP contribution in [-0.2, 0) is 9.53 Å². The third kappa shape index (κ3) is 6.22. The predicted molar refractivity (Wildman–Crippen MR) is 111 cm³/mol. The van der Waals surface area contributed by atoms with E-state index >= 15 is 0 Å². The normalized spacial score (nSPS) is 19.6. The van der Waals surface area contributed by atoms with E-state index in [0.717, 1.165) is 45.1 Å². The van der Waals surface area contributed by atoms with Crippen molar-refractivity contribution in [2.45, 2.75) is 13.0 Å². The first-order valence-electron chi connectivity index (χ1n) is 9.13. The van der Waals surface area contributed by atoms with Gasteiger partial charge in [0.05, 0.1) is 26.4 Å². The molecule has 6 nitrogen and oxygen atoms in total. The van der Waals surface area contributed by atoms with Crippen molar-refractivity contribution in [3.8, 4) is 5.75 Å². The Morgan fingerprint density at radius 2 is 1.89 bits per heavy atom. The maximum Gasteiger partial charge on any atom is 0.223 e. The number of hydrogen-bond acceptors (Lipinski definition) is 5. The van der Waals surface area contributed by atoms with Gasteiger partial charge in [-0.2, -0.15) is 0 Å². The first-order valence-corrected chi connectivity index (χ1v) is 9.13. The molecule has 2 aliphatic heterocycles. The Balaban J connectivity index is 0.00000182. The Morgan fingerprint density at radius 1 is 1.26 bits per heavy atom. The summed E-state index contributed by atoms with van der Waals surface area (Å²) in [4.78, 5) is 14.9. The van der Waals surface area contributed by atoms with E-state index in [2.05, 4.69) is 27.7 Å². The molecule has 2 fully saturated rings. The van der Waals surface area contributed by atoms with Gasteiger partial charge in [-0.05, 0) is 36.7 Å². The lowest BCUT2D eigenvalue weighted by molar-refractivity contribution is -0.127. The summed E-state index contributed by atoms with van der Waals surface area (Å²) in [5.41, 5.74) is 1.20. The van der Waals surface area contributed by atoms with Crippen LogP contribution in [0.5, 0.6) is 5.75 Å². The van der Waals surface area contributed by atoms with Crippen molar-refractivity contribution in [3.63, 3.8) is 0 Å². The molecule has 0 saturated carbocycles. The number of nitrogens with zero attached hydrogens (tertiary/aromatic N) is 1. The number of carbonyl (C=O) groups is 1. The molecule has 154 valence electrons. The van der Waals surface area contributed by atoms with Gasteiger partial charge in [0, 0.05) is 25.6 Å². The molecule has 3 rings (SSSR count). The van der Waals surface area contributed by atoms with Crippen molar-refractivity contribution in [1.82, 2.24) is 15.5 Å². The molecule has 1 aromatic rings. The number of methoxy groups -OCH3 is 1. The molecule has 2 unspecified atom stereocenters. The number of rotatable bonds is 7. The molecule has 27 heavy (non-hydrogen) atoms. The first-order chi connectivity index (χ1) is 12.2. The largest absolute Gasteiger partial charge is 0.497 e. The van der Waals surface area contributed by atoms with Gasteiger partial charge in [0.1, 0.15) is 5.75 Å². The number of hydrogen-bond donors (Lipinski definition) is 2. The molecular formula is C19H31Cl2N3O3. The van der Waals surface area contributed by atoms with Crippen LogP contribution in [0.4, 0.5) is 0 Å². The second kappa shape index (κ2) is 11.7. The number of halogens is 2. The maximum absolute atomic E-state index is 12.5. The fourth-order valence-corrected chi connectivity index (χ4v) is 3.41. The topological polar surface area (TPSA) is 62.8 Å². The third-order valence-corrected chi connectivity index (χ3v) is 5.39. The van der Waals surface area contributed by atoms with Gasteiger partial charge >= 0.3 is 0 Å². The number of amides is 1. The zero-order chi connectivity index (χ0) is 17.6. The van der Waals surface area contributed by atoms with Crippen molar-refractivity contribution in [2.75, 3.05) is 53.0 Å². The highest BCUT2D eigenvalue weighted by Crippen LogP contribution is 2.24. The first kappa shape index (κ1) is 24.0. The van der Waals surface area contributed by atoms with Crippen LogP contribution in [0.3, 0.4) is 0 Å². The molecule has 8 heteroatoms. The molecule has 1 amide bonds. The fraction of sp³-hybridized carbons (Fsp3) is 0.632. The van der Waals surface area contributed by atoms with Gasteiger partial charge in [0.15, 0.2) is 0 Å². The quantitative estimate of drug-likeness (QED) is 0.706. The van der Waals surface area contributed by atoms with E-state index in [4.69, 9.17) is 9.47 Å². The summed E-state index contributed by atoms with van der Waals surface area (Å²) in [5, 5.41) is 6.41. The minimum Gasteiger partial charge on any atom is -0.497 e. The van der Waals surface area contributed by atoms with Crippen molar-refractivity contribution in [2.24, 2.45) is 11.8 Å². The smallest absolute Gasteiger partial charge is 0.223 e. The van der Waals surface area contributed by atoms with Crippen molar-refractivity contribution in [3.05, 3.63) is 29.8 Å². The molecular weight excluding hydrogens is 389 g/mol. The SMILES string of the molecule is COc1ccc(C(CNC(=O)C(C)C2CNC2)N2CCOCC2)cc1.Cl.Cl. The number of morpholine rings is 1. The fourth-order valence-electron chi connectivity index (χ4n) is 3.41. The summed E-state index contributed by atoms with van der Waals surface area (Å²) in [6.07, 6.45) is 0. The zero-order valence-corrected chi connectivity index (χ0v) is 17.6. The molecule has 0 bridgehead atoms. The lowest BCUT2D eigenvalue weighted by atomic mass is 9.88. The average molecular weight is 420 g/mol. The summed E-state index contributed by atoms with van der Waals surface area (Å²) in [5.74, 6) is 1.52. The monoisotopic (exact) mass is 419 g/mol.